The number of hydrogen-bond donors (Lipinski definition) is 1. The normalized spacial score (nSPS) is 14.3. The molecule has 2 aromatic heterocycles. The molecule has 0 atom stereocenters. The van der Waals surface area contributed by atoms with Crippen molar-refractivity contribution in [2.24, 2.45) is 7.05 Å². The summed E-state index contributed by atoms with van der Waals surface area (Å²) in [4.78, 5) is 27.8. The van der Waals surface area contributed by atoms with E-state index in [1.165, 1.54) is 0 Å². The molecule has 1 aliphatic rings. The van der Waals surface area contributed by atoms with Gasteiger partial charge in [-0.1, -0.05) is 30.3 Å². The van der Waals surface area contributed by atoms with Gasteiger partial charge in [0.25, 0.3) is 5.91 Å². The van der Waals surface area contributed by atoms with E-state index in [2.05, 4.69) is 5.32 Å². The van der Waals surface area contributed by atoms with E-state index >= 15 is 0 Å². The van der Waals surface area contributed by atoms with Crippen LogP contribution in [0.4, 0.5) is 5.69 Å². The fourth-order valence-electron chi connectivity index (χ4n) is 4.15. The number of morpholine rings is 1. The maximum atomic E-state index is 13.1. The van der Waals surface area contributed by atoms with Gasteiger partial charge in [-0.25, -0.2) is 0 Å². The molecule has 1 N–H and O–H groups in total. The van der Waals surface area contributed by atoms with E-state index in [1.807, 2.05) is 60.3 Å². The smallest absolute Gasteiger partial charge is 0.291 e. The van der Waals surface area contributed by atoms with Gasteiger partial charge in [-0.3, -0.25) is 9.59 Å². The predicted molar refractivity (Wildman–Crippen MR) is 118 cm³/mol. The molecule has 5 rings (SSSR count). The molecule has 1 fully saturated rings. The number of carbonyl (C=O) groups excluding carboxylic acids is 2. The number of carbonyl (C=O) groups is 2. The molecule has 0 radical (unpaired) electrons. The van der Waals surface area contributed by atoms with E-state index in [9.17, 15) is 9.59 Å². The Labute approximate surface area is 179 Å². The van der Waals surface area contributed by atoms with Crippen LogP contribution in [0.15, 0.2) is 59.1 Å². The van der Waals surface area contributed by atoms with Crippen molar-refractivity contribution in [1.29, 1.82) is 0 Å². The van der Waals surface area contributed by atoms with Crippen molar-refractivity contribution in [3.05, 3.63) is 66.1 Å². The summed E-state index contributed by atoms with van der Waals surface area (Å²) in [7, 11) is 1.96. The SMILES string of the molecule is Cn1cc(CC(=O)Nc2c(C(=O)N3CCOCC3)oc3ccccc23)c2ccccc21. The fraction of sp³-hybridized carbons (Fsp3) is 0.250. The summed E-state index contributed by atoms with van der Waals surface area (Å²) in [6.07, 6.45) is 2.17. The Morgan fingerprint density at radius 1 is 1.00 bits per heavy atom. The molecule has 31 heavy (non-hydrogen) atoms. The van der Waals surface area contributed by atoms with Crippen LogP contribution in [0.25, 0.3) is 21.9 Å². The zero-order chi connectivity index (χ0) is 21.4. The topological polar surface area (TPSA) is 76.7 Å². The number of hydrogen-bond acceptors (Lipinski definition) is 4. The lowest BCUT2D eigenvalue weighted by Crippen LogP contribution is -2.40. The summed E-state index contributed by atoms with van der Waals surface area (Å²) in [5.74, 6) is -0.270. The number of para-hydroxylation sites is 2. The number of aryl methyl sites for hydroxylation is 1. The summed E-state index contributed by atoms with van der Waals surface area (Å²) < 4.78 is 13.2. The van der Waals surface area contributed by atoms with Crippen LogP contribution in [0.3, 0.4) is 0 Å². The summed E-state index contributed by atoms with van der Waals surface area (Å²) >= 11 is 0. The number of fused-ring (bicyclic) bond motifs is 2. The first-order valence-corrected chi connectivity index (χ1v) is 10.3. The highest BCUT2D eigenvalue weighted by molar-refractivity contribution is 6.11. The first kappa shape index (κ1) is 19.4. The third kappa shape index (κ3) is 3.57. The van der Waals surface area contributed by atoms with Crippen LogP contribution in [-0.2, 0) is 23.0 Å². The second-order valence-corrected chi connectivity index (χ2v) is 7.71. The molecule has 0 unspecified atom stereocenters. The van der Waals surface area contributed by atoms with Gasteiger partial charge in [0.1, 0.15) is 11.3 Å². The van der Waals surface area contributed by atoms with Gasteiger partial charge in [0.15, 0.2) is 0 Å². The minimum atomic E-state index is -0.236. The highest BCUT2D eigenvalue weighted by Crippen LogP contribution is 2.32. The molecule has 7 heteroatoms. The van der Waals surface area contributed by atoms with Gasteiger partial charge in [-0.15, -0.1) is 0 Å². The quantitative estimate of drug-likeness (QED) is 0.551. The number of benzene rings is 2. The molecular weight excluding hydrogens is 394 g/mol. The van der Waals surface area contributed by atoms with Gasteiger partial charge in [-0.05, 0) is 23.8 Å². The summed E-state index contributed by atoms with van der Waals surface area (Å²) in [6, 6.07) is 15.3. The minimum Gasteiger partial charge on any atom is -0.449 e. The number of furan rings is 1. The molecule has 3 heterocycles. The van der Waals surface area contributed by atoms with Gasteiger partial charge < -0.3 is 23.9 Å². The third-order valence-electron chi connectivity index (χ3n) is 5.68. The van der Waals surface area contributed by atoms with E-state index < -0.39 is 0 Å². The molecule has 4 aromatic rings. The van der Waals surface area contributed by atoms with E-state index in [0.717, 1.165) is 16.5 Å². The Morgan fingerprint density at radius 3 is 2.52 bits per heavy atom. The van der Waals surface area contributed by atoms with E-state index in [1.54, 1.807) is 11.0 Å². The molecule has 0 spiro atoms. The molecule has 0 aliphatic carbocycles. The third-order valence-corrected chi connectivity index (χ3v) is 5.68. The summed E-state index contributed by atoms with van der Waals surface area (Å²) in [5, 5.41) is 4.71. The Morgan fingerprint density at radius 2 is 1.71 bits per heavy atom. The average molecular weight is 417 g/mol. The van der Waals surface area contributed by atoms with Crippen LogP contribution in [0.5, 0.6) is 0 Å². The number of nitrogens with one attached hydrogen (secondary N) is 1. The van der Waals surface area contributed by atoms with Gasteiger partial charge in [0.05, 0.1) is 19.6 Å². The van der Waals surface area contributed by atoms with Crippen LogP contribution in [0.1, 0.15) is 16.1 Å². The minimum absolute atomic E-state index is 0.161. The number of rotatable bonds is 4. The predicted octanol–water partition coefficient (Wildman–Crippen LogP) is 3.58. The van der Waals surface area contributed by atoms with E-state index in [-0.39, 0.29) is 24.0 Å². The highest BCUT2D eigenvalue weighted by Gasteiger charge is 2.27. The van der Waals surface area contributed by atoms with Crippen molar-refractivity contribution in [1.82, 2.24) is 9.47 Å². The summed E-state index contributed by atoms with van der Waals surface area (Å²) in [5.41, 5.74) is 3.00. The lowest BCUT2D eigenvalue weighted by Gasteiger charge is -2.26. The van der Waals surface area contributed by atoms with Crippen molar-refractivity contribution < 1.29 is 18.7 Å². The number of amides is 2. The Balaban J connectivity index is 1.46. The molecule has 1 saturated heterocycles. The van der Waals surface area contributed by atoms with Crippen molar-refractivity contribution in [3.8, 4) is 0 Å². The maximum absolute atomic E-state index is 13.1. The van der Waals surface area contributed by atoms with E-state index in [4.69, 9.17) is 9.15 Å². The van der Waals surface area contributed by atoms with Crippen molar-refractivity contribution in [3.63, 3.8) is 0 Å². The Bertz CT molecular complexity index is 1280. The van der Waals surface area contributed by atoms with E-state index in [0.29, 0.717) is 43.0 Å². The van der Waals surface area contributed by atoms with Crippen LogP contribution in [-0.4, -0.2) is 47.6 Å². The van der Waals surface area contributed by atoms with Crippen LogP contribution in [0, 0.1) is 0 Å². The van der Waals surface area contributed by atoms with Crippen LogP contribution in [0.2, 0.25) is 0 Å². The van der Waals surface area contributed by atoms with Gasteiger partial charge in [0.2, 0.25) is 11.7 Å². The molecule has 0 bridgehead atoms. The lowest BCUT2D eigenvalue weighted by atomic mass is 10.1. The zero-order valence-corrected chi connectivity index (χ0v) is 17.3. The van der Waals surface area contributed by atoms with Crippen LogP contribution >= 0.6 is 0 Å². The second-order valence-electron chi connectivity index (χ2n) is 7.71. The molecule has 7 nitrogen and oxygen atoms in total. The molecule has 1 aliphatic heterocycles. The number of aromatic nitrogens is 1. The lowest BCUT2D eigenvalue weighted by molar-refractivity contribution is -0.115. The largest absolute Gasteiger partial charge is 0.449 e. The first-order valence-electron chi connectivity index (χ1n) is 10.3. The Kier molecular flexibility index (Phi) is 4.95. The Hall–Kier alpha value is -3.58. The number of anilines is 1. The second kappa shape index (κ2) is 7.92. The number of ether oxygens (including phenoxy) is 1. The zero-order valence-electron chi connectivity index (χ0n) is 17.3. The molecule has 0 saturated carbocycles. The molecule has 2 amide bonds. The molecule has 158 valence electrons. The van der Waals surface area contributed by atoms with Crippen molar-refractivity contribution >= 4 is 39.4 Å². The standard InChI is InChI=1S/C24H23N3O4/c1-26-15-16(17-6-2-4-8-19(17)26)14-21(28)25-22-18-7-3-5-9-20(18)31-23(22)24(29)27-10-12-30-13-11-27/h2-9,15H,10-14H2,1H3,(H,25,28). The highest BCUT2D eigenvalue weighted by atomic mass is 16.5. The van der Waals surface area contributed by atoms with Crippen molar-refractivity contribution in [2.75, 3.05) is 31.6 Å². The van der Waals surface area contributed by atoms with Gasteiger partial charge in [0, 0.05) is 42.6 Å². The monoisotopic (exact) mass is 417 g/mol. The number of nitrogens with zero attached hydrogens (tertiary/aromatic N) is 2. The summed E-state index contributed by atoms with van der Waals surface area (Å²) in [6.45, 7) is 1.99. The van der Waals surface area contributed by atoms with Crippen LogP contribution < -0.4 is 5.32 Å². The average Bonchev–Trinajstić information content (AvgIpc) is 3.32. The van der Waals surface area contributed by atoms with Gasteiger partial charge in [-0.2, -0.15) is 0 Å². The molecular formula is C24H23N3O4. The van der Waals surface area contributed by atoms with Crippen molar-refractivity contribution in [2.45, 2.75) is 6.42 Å². The fourth-order valence-corrected chi connectivity index (χ4v) is 4.15. The van der Waals surface area contributed by atoms with Gasteiger partial charge >= 0.3 is 0 Å². The maximum Gasteiger partial charge on any atom is 0.291 e. The molecule has 2 aromatic carbocycles. The first-order chi connectivity index (χ1) is 15.1.